The molecule has 1 aliphatic rings. The van der Waals surface area contributed by atoms with Gasteiger partial charge in [-0.2, -0.15) is 0 Å². The standard InChI is InChI=1S/C25H22N2O6/c1-16-21(24(28)32-3)23(19-12-7-13-20(15-19)27(30)31)22(17(2)26-16)25(29)33-14-8-11-18-9-5-4-6-10-18/h4-7,9-10,12-13,15,23,26H,11H2,1-3H3. The number of methoxy groups -OCH3 is 1. The molecule has 0 radical (unpaired) electrons. The van der Waals surface area contributed by atoms with Gasteiger partial charge in [0.1, 0.15) is 6.11 Å². The molecule has 1 N–H and O–H groups in total. The van der Waals surface area contributed by atoms with Crippen molar-refractivity contribution in [3.8, 4) is 12.0 Å². The zero-order valence-corrected chi connectivity index (χ0v) is 18.4. The number of carbonyl (C=O) groups excluding carboxylic acids is 2. The van der Waals surface area contributed by atoms with E-state index in [2.05, 4.69) is 17.3 Å². The Morgan fingerprint density at radius 3 is 2.33 bits per heavy atom. The topological polar surface area (TPSA) is 108 Å². The summed E-state index contributed by atoms with van der Waals surface area (Å²) < 4.78 is 10.1. The first-order valence-corrected chi connectivity index (χ1v) is 10.1. The number of esters is 2. The zero-order chi connectivity index (χ0) is 24.0. The summed E-state index contributed by atoms with van der Waals surface area (Å²) in [6.07, 6.45) is 2.81. The lowest BCUT2D eigenvalue weighted by Crippen LogP contribution is -2.32. The van der Waals surface area contributed by atoms with Crippen LogP contribution in [0.15, 0.2) is 77.1 Å². The molecule has 0 amide bonds. The molecule has 1 unspecified atom stereocenters. The summed E-state index contributed by atoms with van der Waals surface area (Å²) in [5.74, 6) is 0.441. The van der Waals surface area contributed by atoms with Crippen LogP contribution in [-0.2, 0) is 25.5 Å². The maximum atomic E-state index is 13.1. The highest BCUT2D eigenvalue weighted by molar-refractivity contribution is 6.00. The maximum absolute atomic E-state index is 13.1. The average Bonchev–Trinajstić information content (AvgIpc) is 2.81. The zero-order valence-electron chi connectivity index (χ0n) is 18.4. The highest BCUT2D eigenvalue weighted by Crippen LogP contribution is 2.40. The molecule has 1 heterocycles. The summed E-state index contributed by atoms with van der Waals surface area (Å²) in [6, 6.07) is 15.3. The van der Waals surface area contributed by atoms with Gasteiger partial charge in [0.25, 0.3) is 5.69 Å². The van der Waals surface area contributed by atoms with Gasteiger partial charge < -0.3 is 14.8 Å². The molecule has 0 saturated carbocycles. The fraction of sp³-hybridized carbons (Fsp3) is 0.200. The number of benzene rings is 2. The summed E-state index contributed by atoms with van der Waals surface area (Å²) >= 11 is 0. The van der Waals surface area contributed by atoms with Gasteiger partial charge in [-0.1, -0.05) is 48.4 Å². The molecule has 2 aromatic rings. The molecular formula is C25H22N2O6. The van der Waals surface area contributed by atoms with Gasteiger partial charge in [0.05, 0.1) is 29.1 Å². The van der Waals surface area contributed by atoms with Crippen LogP contribution in [0.1, 0.15) is 30.9 Å². The molecule has 1 atom stereocenters. The number of nitro groups is 1. The Kier molecular flexibility index (Phi) is 7.26. The highest BCUT2D eigenvalue weighted by atomic mass is 16.6. The second kappa shape index (κ2) is 10.3. The normalized spacial score (nSPS) is 15.2. The van der Waals surface area contributed by atoms with E-state index in [0.29, 0.717) is 23.4 Å². The first kappa shape index (κ1) is 23.3. The van der Waals surface area contributed by atoms with Crippen molar-refractivity contribution in [3.63, 3.8) is 0 Å². The van der Waals surface area contributed by atoms with Crippen LogP contribution in [0.3, 0.4) is 0 Å². The molecule has 1 aliphatic heterocycles. The van der Waals surface area contributed by atoms with Gasteiger partial charge in [-0.05, 0) is 25.0 Å². The van der Waals surface area contributed by atoms with E-state index in [-0.39, 0.29) is 16.8 Å². The third kappa shape index (κ3) is 5.28. The number of nitrogens with zero attached hydrogens (tertiary/aromatic N) is 1. The van der Waals surface area contributed by atoms with E-state index in [1.807, 2.05) is 30.3 Å². The number of non-ortho nitro benzene ring substituents is 1. The Labute approximate surface area is 191 Å². The van der Waals surface area contributed by atoms with Crippen molar-refractivity contribution in [2.45, 2.75) is 26.2 Å². The Morgan fingerprint density at radius 1 is 1.03 bits per heavy atom. The second-order valence-corrected chi connectivity index (χ2v) is 7.31. The second-order valence-electron chi connectivity index (χ2n) is 7.31. The number of carbonyl (C=O) groups is 2. The molecule has 0 saturated heterocycles. The van der Waals surface area contributed by atoms with Crippen LogP contribution in [0.25, 0.3) is 0 Å². The third-order valence-electron chi connectivity index (χ3n) is 5.15. The van der Waals surface area contributed by atoms with Crippen molar-refractivity contribution in [2.24, 2.45) is 0 Å². The molecule has 0 bridgehead atoms. The Hall–Kier alpha value is -4.38. The molecule has 0 aliphatic carbocycles. The first-order valence-electron chi connectivity index (χ1n) is 10.1. The van der Waals surface area contributed by atoms with Crippen molar-refractivity contribution in [3.05, 3.63) is 98.4 Å². The van der Waals surface area contributed by atoms with Crippen LogP contribution in [0.2, 0.25) is 0 Å². The van der Waals surface area contributed by atoms with Crippen LogP contribution >= 0.6 is 0 Å². The highest BCUT2D eigenvalue weighted by Gasteiger charge is 2.38. The van der Waals surface area contributed by atoms with Crippen molar-refractivity contribution in [2.75, 3.05) is 7.11 Å². The number of allylic oxidation sites excluding steroid dienone is 2. The molecule has 33 heavy (non-hydrogen) atoms. The van der Waals surface area contributed by atoms with Crippen LogP contribution in [0.5, 0.6) is 0 Å². The van der Waals surface area contributed by atoms with E-state index in [0.717, 1.165) is 5.56 Å². The minimum Gasteiger partial charge on any atom is -0.466 e. The van der Waals surface area contributed by atoms with E-state index < -0.39 is 22.8 Å². The molecule has 168 valence electrons. The van der Waals surface area contributed by atoms with E-state index in [4.69, 9.17) is 9.47 Å². The predicted octanol–water partition coefficient (Wildman–Crippen LogP) is 3.75. The Balaban J connectivity index is 1.98. The largest absolute Gasteiger partial charge is 0.466 e. The van der Waals surface area contributed by atoms with Crippen molar-refractivity contribution < 1.29 is 24.0 Å². The van der Waals surface area contributed by atoms with Crippen LogP contribution < -0.4 is 5.32 Å². The molecule has 8 nitrogen and oxygen atoms in total. The number of dihydropyridines is 1. The van der Waals surface area contributed by atoms with Gasteiger partial charge in [0, 0.05) is 29.9 Å². The minimum absolute atomic E-state index is 0.121. The molecule has 0 aromatic heterocycles. The number of nitrogens with one attached hydrogen (secondary N) is 1. The SMILES string of the molecule is COC(=O)C1=C(C)NC(C)=C(C(=O)OC#CCc2ccccc2)C1c1cccc([N+](=O)[O-])c1. The number of hydrogen-bond acceptors (Lipinski definition) is 7. The molecule has 0 fully saturated rings. The summed E-state index contributed by atoms with van der Waals surface area (Å²) in [4.78, 5) is 36.4. The lowest BCUT2D eigenvalue weighted by molar-refractivity contribution is -0.384. The van der Waals surface area contributed by atoms with Crippen LogP contribution in [-0.4, -0.2) is 24.0 Å². The van der Waals surface area contributed by atoms with Gasteiger partial charge >= 0.3 is 11.9 Å². The Bertz CT molecular complexity index is 1220. The fourth-order valence-corrected chi connectivity index (χ4v) is 3.67. The summed E-state index contributed by atoms with van der Waals surface area (Å²) in [6.45, 7) is 3.33. The van der Waals surface area contributed by atoms with E-state index in [1.54, 1.807) is 19.9 Å². The number of ether oxygens (including phenoxy) is 2. The number of rotatable bonds is 5. The van der Waals surface area contributed by atoms with Crippen molar-refractivity contribution >= 4 is 17.6 Å². The number of hydrogen-bond donors (Lipinski definition) is 1. The Morgan fingerprint density at radius 2 is 1.70 bits per heavy atom. The molecule has 0 spiro atoms. The minimum atomic E-state index is -0.929. The molecular weight excluding hydrogens is 424 g/mol. The molecule has 2 aromatic carbocycles. The molecule has 8 heteroatoms. The first-order chi connectivity index (χ1) is 15.8. The predicted molar refractivity (Wildman–Crippen MR) is 120 cm³/mol. The van der Waals surface area contributed by atoms with Gasteiger partial charge in [0.15, 0.2) is 0 Å². The lowest BCUT2D eigenvalue weighted by atomic mass is 9.80. The molecule has 3 rings (SSSR count). The van der Waals surface area contributed by atoms with E-state index in [1.165, 1.54) is 25.3 Å². The van der Waals surface area contributed by atoms with Crippen molar-refractivity contribution in [1.29, 1.82) is 0 Å². The van der Waals surface area contributed by atoms with Gasteiger partial charge in [-0.15, -0.1) is 0 Å². The third-order valence-corrected chi connectivity index (χ3v) is 5.15. The van der Waals surface area contributed by atoms with Gasteiger partial charge in [-0.25, -0.2) is 9.59 Å². The van der Waals surface area contributed by atoms with Crippen LogP contribution in [0.4, 0.5) is 5.69 Å². The van der Waals surface area contributed by atoms with Crippen LogP contribution in [0, 0.1) is 22.1 Å². The van der Waals surface area contributed by atoms with E-state index >= 15 is 0 Å². The average molecular weight is 446 g/mol. The fourth-order valence-electron chi connectivity index (χ4n) is 3.67. The summed E-state index contributed by atoms with van der Waals surface area (Å²) in [5, 5.41) is 14.3. The quantitative estimate of drug-likeness (QED) is 0.323. The summed E-state index contributed by atoms with van der Waals surface area (Å²) in [7, 11) is 1.23. The van der Waals surface area contributed by atoms with Gasteiger partial charge in [-0.3, -0.25) is 10.1 Å². The smallest absolute Gasteiger partial charge is 0.350 e. The monoisotopic (exact) mass is 446 g/mol. The lowest BCUT2D eigenvalue weighted by Gasteiger charge is -2.29. The summed E-state index contributed by atoms with van der Waals surface area (Å²) in [5.41, 5.74) is 2.39. The maximum Gasteiger partial charge on any atom is 0.350 e. The van der Waals surface area contributed by atoms with Gasteiger partial charge in [0.2, 0.25) is 0 Å². The number of nitro benzene ring substituents is 1. The van der Waals surface area contributed by atoms with E-state index in [9.17, 15) is 19.7 Å². The van der Waals surface area contributed by atoms with Crippen molar-refractivity contribution in [1.82, 2.24) is 5.32 Å².